The molecule has 0 radical (unpaired) electrons. The summed E-state index contributed by atoms with van der Waals surface area (Å²) in [6.45, 7) is 0. The van der Waals surface area contributed by atoms with Crippen molar-refractivity contribution < 1.29 is 0 Å². The van der Waals surface area contributed by atoms with Crippen molar-refractivity contribution in [2.75, 3.05) is 0 Å². The fourth-order valence-corrected chi connectivity index (χ4v) is 1.68. The summed E-state index contributed by atoms with van der Waals surface area (Å²) >= 11 is 2.30. The third-order valence-electron chi connectivity index (χ3n) is 1.92. The molecule has 74 valence electrons. The highest BCUT2D eigenvalue weighted by molar-refractivity contribution is 14.1. The third kappa shape index (κ3) is 2.86. The minimum absolute atomic E-state index is 0.921. The number of aliphatic imine (C=N–C) groups is 1. The van der Waals surface area contributed by atoms with Gasteiger partial charge in [0.15, 0.2) is 0 Å². The molecule has 0 aliphatic heterocycles. The number of rotatable bonds is 2. The van der Waals surface area contributed by atoms with Gasteiger partial charge in [0.25, 0.3) is 0 Å². The van der Waals surface area contributed by atoms with Crippen LogP contribution in [-0.2, 0) is 0 Å². The molecule has 2 rings (SSSR count). The summed E-state index contributed by atoms with van der Waals surface area (Å²) < 4.78 is 1.20. The van der Waals surface area contributed by atoms with Crippen molar-refractivity contribution in [2.24, 2.45) is 4.99 Å². The first-order valence-corrected chi connectivity index (χ1v) is 5.63. The van der Waals surface area contributed by atoms with Gasteiger partial charge in [-0.3, -0.25) is 9.98 Å². The van der Waals surface area contributed by atoms with E-state index in [1.165, 1.54) is 3.57 Å². The molecule has 15 heavy (non-hydrogen) atoms. The fraction of sp³-hybridized carbons (Fsp3) is 0. The van der Waals surface area contributed by atoms with Gasteiger partial charge >= 0.3 is 0 Å². The first kappa shape index (κ1) is 10.3. The van der Waals surface area contributed by atoms with E-state index < -0.39 is 0 Å². The van der Waals surface area contributed by atoms with Gasteiger partial charge in [-0.2, -0.15) is 0 Å². The molecular weight excluding hydrogens is 299 g/mol. The Balaban J connectivity index is 2.23. The summed E-state index contributed by atoms with van der Waals surface area (Å²) in [7, 11) is 0. The minimum Gasteiger partial charge on any atom is -0.265 e. The van der Waals surface area contributed by atoms with Crippen LogP contribution in [0.5, 0.6) is 0 Å². The number of nitrogens with zero attached hydrogens (tertiary/aromatic N) is 2. The predicted molar refractivity (Wildman–Crippen MR) is 70.7 cm³/mol. The summed E-state index contributed by atoms with van der Waals surface area (Å²) in [5.74, 6) is 0. The van der Waals surface area contributed by atoms with Crippen LogP contribution in [0.4, 0.5) is 5.69 Å². The molecule has 3 heteroatoms. The molecule has 1 aromatic heterocycles. The number of benzene rings is 1. The molecular formula is C12H9IN2. The van der Waals surface area contributed by atoms with E-state index in [1.807, 2.05) is 36.5 Å². The lowest BCUT2D eigenvalue weighted by Crippen LogP contribution is -1.84. The van der Waals surface area contributed by atoms with E-state index in [4.69, 9.17) is 0 Å². The van der Waals surface area contributed by atoms with Gasteiger partial charge in [0.2, 0.25) is 0 Å². The van der Waals surface area contributed by atoms with Crippen molar-refractivity contribution in [2.45, 2.75) is 0 Å². The Morgan fingerprint density at radius 1 is 1.07 bits per heavy atom. The molecule has 0 bridgehead atoms. The Labute approximate surface area is 102 Å². The first-order valence-electron chi connectivity index (χ1n) is 4.55. The zero-order chi connectivity index (χ0) is 10.5. The molecule has 0 saturated heterocycles. The van der Waals surface area contributed by atoms with Crippen LogP contribution in [0.25, 0.3) is 0 Å². The van der Waals surface area contributed by atoms with Crippen molar-refractivity contribution in [1.29, 1.82) is 0 Å². The van der Waals surface area contributed by atoms with E-state index in [0.717, 1.165) is 11.3 Å². The maximum absolute atomic E-state index is 4.37. The molecule has 0 aliphatic rings. The number of hydrogen-bond donors (Lipinski definition) is 0. The van der Waals surface area contributed by atoms with Crippen molar-refractivity contribution in [3.8, 4) is 0 Å². The lowest BCUT2D eigenvalue weighted by molar-refractivity contribution is 1.31. The molecule has 0 saturated carbocycles. The standard InChI is InChI=1S/C12H9IN2/c13-12-4-2-1-3-10(12)9-15-11-5-7-14-8-6-11/h1-9H. The van der Waals surface area contributed by atoms with E-state index in [2.05, 4.69) is 38.6 Å². The van der Waals surface area contributed by atoms with E-state index in [0.29, 0.717) is 0 Å². The van der Waals surface area contributed by atoms with E-state index in [-0.39, 0.29) is 0 Å². The second kappa shape index (κ2) is 5.02. The maximum Gasteiger partial charge on any atom is 0.0660 e. The Morgan fingerprint density at radius 3 is 2.53 bits per heavy atom. The van der Waals surface area contributed by atoms with Gasteiger partial charge in [-0.1, -0.05) is 18.2 Å². The van der Waals surface area contributed by atoms with E-state index in [1.54, 1.807) is 12.4 Å². The van der Waals surface area contributed by atoms with Crippen molar-refractivity contribution in [3.05, 3.63) is 57.9 Å². The number of pyridine rings is 1. The fourth-order valence-electron chi connectivity index (χ4n) is 1.15. The van der Waals surface area contributed by atoms with Crippen LogP contribution in [-0.4, -0.2) is 11.2 Å². The van der Waals surface area contributed by atoms with Gasteiger partial charge in [-0.05, 0) is 40.8 Å². The zero-order valence-corrected chi connectivity index (χ0v) is 10.1. The van der Waals surface area contributed by atoms with Crippen LogP contribution < -0.4 is 0 Å². The van der Waals surface area contributed by atoms with Crippen LogP contribution in [0.15, 0.2) is 53.8 Å². The molecule has 1 heterocycles. The summed E-state index contributed by atoms with van der Waals surface area (Å²) in [5, 5.41) is 0. The SMILES string of the molecule is Ic1ccccc1C=Nc1ccncc1. The summed E-state index contributed by atoms with van der Waals surface area (Å²) in [5.41, 5.74) is 2.06. The molecule has 0 unspecified atom stereocenters. The van der Waals surface area contributed by atoms with Gasteiger partial charge in [0, 0.05) is 27.7 Å². The highest BCUT2D eigenvalue weighted by atomic mass is 127. The van der Waals surface area contributed by atoms with E-state index in [9.17, 15) is 0 Å². The number of aromatic nitrogens is 1. The summed E-state index contributed by atoms with van der Waals surface area (Å²) in [6.07, 6.45) is 5.35. The molecule has 0 spiro atoms. The van der Waals surface area contributed by atoms with Gasteiger partial charge < -0.3 is 0 Å². The average molecular weight is 308 g/mol. The quantitative estimate of drug-likeness (QED) is 0.616. The molecule has 0 fully saturated rings. The molecule has 0 aliphatic carbocycles. The van der Waals surface area contributed by atoms with Crippen molar-refractivity contribution >= 4 is 34.5 Å². The Morgan fingerprint density at radius 2 is 1.80 bits per heavy atom. The van der Waals surface area contributed by atoms with Crippen LogP contribution in [0.2, 0.25) is 0 Å². The van der Waals surface area contributed by atoms with Crippen LogP contribution in [0.1, 0.15) is 5.56 Å². The number of hydrogen-bond acceptors (Lipinski definition) is 2. The van der Waals surface area contributed by atoms with Crippen LogP contribution in [0.3, 0.4) is 0 Å². The van der Waals surface area contributed by atoms with E-state index >= 15 is 0 Å². The normalized spacial score (nSPS) is 10.7. The predicted octanol–water partition coefficient (Wildman–Crippen LogP) is 3.44. The third-order valence-corrected chi connectivity index (χ3v) is 2.90. The lowest BCUT2D eigenvalue weighted by atomic mass is 10.2. The van der Waals surface area contributed by atoms with Gasteiger partial charge in [0.05, 0.1) is 5.69 Å². The highest BCUT2D eigenvalue weighted by Gasteiger charge is 1.93. The topological polar surface area (TPSA) is 25.2 Å². The van der Waals surface area contributed by atoms with Crippen LogP contribution in [0, 0.1) is 3.57 Å². The van der Waals surface area contributed by atoms with Gasteiger partial charge in [-0.25, -0.2) is 0 Å². The average Bonchev–Trinajstić information content (AvgIpc) is 2.29. The Kier molecular flexibility index (Phi) is 3.45. The molecule has 1 aromatic carbocycles. The molecule has 2 nitrogen and oxygen atoms in total. The molecule has 0 amide bonds. The zero-order valence-electron chi connectivity index (χ0n) is 7.97. The minimum atomic E-state index is 0.921. The lowest BCUT2D eigenvalue weighted by Gasteiger charge is -1.96. The Hall–Kier alpha value is -1.23. The van der Waals surface area contributed by atoms with Crippen LogP contribution >= 0.6 is 22.6 Å². The first-order chi connectivity index (χ1) is 7.36. The highest BCUT2D eigenvalue weighted by Crippen LogP contribution is 2.12. The van der Waals surface area contributed by atoms with Gasteiger partial charge in [-0.15, -0.1) is 0 Å². The second-order valence-corrected chi connectivity index (χ2v) is 4.15. The van der Waals surface area contributed by atoms with Gasteiger partial charge in [0.1, 0.15) is 0 Å². The smallest absolute Gasteiger partial charge is 0.0660 e. The molecule has 0 N–H and O–H groups in total. The summed E-state index contributed by atoms with van der Waals surface area (Å²) in [6, 6.07) is 11.9. The monoisotopic (exact) mass is 308 g/mol. The molecule has 2 aromatic rings. The largest absolute Gasteiger partial charge is 0.265 e. The Bertz CT molecular complexity index is 466. The molecule has 0 atom stereocenters. The van der Waals surface area contributed by atoms with Crippen molar-refractivity contribution in [3.63, 3.8) is 0 Å². The second-order valence-electron chi connectivity index (χ2n) is 2.99. The maximum atomic E-state index is 4.37. The number of halogens is 1. The summed E-state index contributed by atoms with van der Waals surface area (Å²) in [4.78, 5) is 8.31. The van der Waals surface area contributed by atoms with Crippen molar-refractivity contribution in [1.82, 2.24) is 4.98 Å².